The molecule has 0 amide bonds. The summed E-state index contributed by atoms with van der Waals surface area (Å²) in [6, 6.07) is 17.1. The number of anilines is 1. The molecule has 0 saturated carbocycles. The van der Waals surface area contributed by atoms with Gasteiger partial charge < -0.3 is 10.5 Å². The van der Waals surface area contributed by atoms with Crippen molar-refractivity contribution >= 4 is 39.7 Å². The fraction of sp³-hybridized carbons (Fsp3) is 0.0952. The summed E-state index contributed by atoms with van der Waals surface area (Å²) in [6.07, 6.45) is 1.82. The number of aromatic nitrogens is 3. The number of carbonyl (C=O) groups excluding carboxylic acids is 1. The van der Waals surface area contributed by atoms with Gasteiger partial charge in [-0.2, -0.15) is 4.68 Å². The summed E-state index contributed by atoms with van der Waals surface area (Å²) in [5, 5.41) is 5.74. The van der Waals surface area contributed by atoms with Crippen LogP contribution in [0, 0.1) is 0 Å². The molecule has 0 spiro atoms. The van der Waals surface area contributed by atoms with Crippen molar-refractivity contribution in [2.75, 3.05) is 12.8 Å². The van der Waals surface area contributed by atoms with Gasteiger partial charge in [0.05, 0.1) is 18.0 Å². The van der Waals surface area contributed by atoms with E-state index in [1.807, 2.05) is 60.7 Å². The third-order valence-corrected chi connectivity index (χ3v) is 4.40. The number of carbonyl (C=O) groups is 1. The minimum atomic E-state index is -0.263. The zero-order chi connectivity index (χ0) is 19.0. The van der Waals surface area contributed by atoms with Crippen LogP contribution in [0.1, 0.15) is 17.3 Å². The summed E-state index contributed by atoms with van der Waals surface area (Å²) < 4.78 is 6.52. The molecule has 4 rings (SSSR count). The molecule has 0 atom stereocenters. The standard InChI is InChI=1S/C21H18N4O2/c1-13(10-14-6-4-3-5-7-14)21(26)25-20-17(19(22)24-25)12-15-11-16(27-2)8-9-18(15)23-20/h3-12H,1-2H3,(H2,22,24)/b13-10-. The van der Waals surface area contributed by atoms with E-state index in [2.05, 4.69) is 10.1 Å². The second-order valence-electron chi connectivity index (χ2n) is 6.26. The Morgan fingerprint density at radius 1 is 1.15 bits per heavy atom. The van der Waals surface area contributed by atoms with E-state index in [0.29, 0.717) is 16.6 Å². The van der Waals surface area contributed by atoms with Gasteiger partial charge >= 0.3 is 0 Å². The van der Waals surface area contributed by atoms with Crippen LogP contribution in [0.25, 0.3) is 28.0 Å². The molecule has 0 radical (unpaired) electrons. The van der Waals surface area contributed by atoms with Crippen LogP contribution < -0.4 is 10.5 Å². The smallest absolute Gasteiger partial charge is 0.275 e. The van der Waals surface area contributed by atoms with E-state index in [1.54, 1.807) is 14.0 Å². The second-order valence-corrected chi connectivity index (χ2v) is 6.26. The predicted molar refractivity (Wildman–Crippen MR) is 107 cm³/mol. The average Bonchev–Trinajstić information content (AvgIpc) is 3.01. The minimum absolute atomic E-state index is 0.263. The van der Waals surface area contributed by atoms with Crippen molar-refractivity contribution in [1.29, 1.82) is 0 Å². The number of fused-ring (bicyclic) bond motifs is 2. The topological polar surface area (TPSA) is 83.0 Å². The van der Waals surface area contributed by atoms with Crippen LogP contribution in [0.2, 0.25) is 0 Å². The fourth-order valence-electron chi connectivity index (χ4n) is 3.00. The van der Waals surface area contributed by atoms with Gasteiger partial charge in [-0.25, -0.2) is 4.98 Å². The first kappa shape index (κ1) is 16.8. The van der Waals surface area contributed by atoms with Crippen LogP contribution in [-0.4, -0.2) is 27.8 Å². The molecule has 2 heterocycles. The van der Waals surface area contributed by atoms with Crippen molar-refractivity contribution in [1.82, 2.24) is 14.8 Å². The first-order chi connectivity index (χ1) is 13.1. The Morgan fingerprint density at radius 2 is 1.93 bits per heavy atom. The molecule has 0 aliphatic rings. The van der Waals surface area contributed by atoms with Gasteiger partial charge in [-0.05, 0) is 42.8 Å². The Balaban J connectivity index is 1.83. The Kier molecular flexibility index (Phi) is 4.08. The van der Waals surface area contributed by atoms with Gasteiger partial charge in [-0.1, -0.05) is 30.3 Å². The molecule has 2 aromatic carbocycles. The Hall–Kier alpha value is -3.67. The molecular formula is C21H18N4O2. The number of benzene rings is 2. The van der Waals surface area contributed by atoms with Crippen molar-refractivity contribution in [2.24, 2.45) is 0 Å². The molecule has 0 aliphatic carbocycles. The van der Waals surface area contributed by atoms with Gasteiger partial charge in [0.15, 0.2) is 11.5 Å². The lowest BCUT2D eigenvalue weighted by Gasteiger charge is -2.05. The maximum atomic E-state index is 12.9. The van der Waals surface area contributed by atoms with Crippen molar-refractivity contribution in [3.05, 3.63) is 65.7 Å². The fourth-order valence-corrected chi connectivity index (χ4v) is 3.00. The number of pyridine rings is 1. The van der Waals surface area contributed by atoms with Gasteiger partial charge in [0, 0.05) is 11.0 Å². The molecule has 6 nitrogen and oxygen atoms in total. The number of nitrogens with two attached hydrogens (primary N) is 1. The average molecular weight is 358 g/mol. The number of nitrogen functional groups attached to an aromatic ring is 1. The highest BCUT2D eigenvalue weighted by atomic mass is 16.5. The maximum Gasteiger partial charge on any atom is 0.275 e. The van der Waals surface area contributed by atoms with Crippen LogP contribution in [0.15, 0.2) is 60.2 Å². The van der Waals surface area contributed by atoms with E-state index in [1.165, 1.54) is 4.68 Å². The minimum Gasteiger partial charge on any atom is -0.497 e. The number of ether oxygens (including phenoxy) is 1. The first-order valence-electron chi connectivity index (χ1n) is 8.48. The molecule has 0 aliphatic heterocycles. The molecule has 134 valence electrons. The molecule has 6 heteroatoms. The van der Waals surface area contributed by atoms with Crippen LogP contribution in [0.5, 0.6) is 5.75 Å². The third kappa shape index (κ3) is 3.01. The van der Waals surface area contributed by atoms with E-state index in [-0.39, 0.29) is 11.7 Å². The summed E-state index contributed by atoms with van der Waals surface area (Å²) in [5.74, 6) is 0.733. The van der Waals surface area contributed by atoms with Crippen molar-refractivity contribution in [3.63, 3.8) is 0 Å². The third-order valence-electron chi connectivity index (χ3n) is 4.40. The van der Waals surface area contributed by atoms with Gasteiger partial charge in [0.25, 0.3) is 5.91 Å². The summed E-state index contributed by atoms with van der Waals surface area (Å²) in [6.45, 7) is 1.75. The van der Waals surface area contributed by atoms with Gasteiger partial charge in [-0.3, -0.25) is 4.79 Å². The summed E-state index contributed by atoms with van der Waals surface area (Å²) in [5.41, 5.74) is 8.72. The summed E-state index contributed by atoms with van der Waals surface area (Å²) in [7, 11) is 1.61. The molecule has 0 unspecified atom stereocenters. The number of methoxy groups -OCH3 is 1. The Labute approximate surface area is 155 Å². The lowest BCUT2D eigenvalue weighted by molar-refractivity contribution is 0.0946. The highest BCUT2D eigenvalue weighted by molar-refractivity contribution is 6.06. The molecule has 2 N–H and O–H groups in total. The normalized spacial score (nSPS) is 11.9. The molecule has 0 bridgehead atoms. The summed E-state index contributed by atoms with van der Waals surface area (Å²) in [4.78, 5) is 17.5. The van der Waals surface area contributed by atoms with Crippen molar-refractivity contribution < 1.29 is 9.53 Å². The number of hydrogen-bond donors (Lipinski definition) is 1. The molecular weight excluding hydrogens is 340 g/mol. The number of rotatable bonds is 3. The molecule has 2 aromatic heterocycles. The van der Waals surface area contributed by atoms with E-state index in [0.717, 1.165) is 22.2 Å². The Bertz CT molecular complexity index is 1190. The van der Waals surface area contributed by atoms with Crippen LogP contribution >= 0.6 is 0 Å². The van der Waals surface area contributed by atoms with Crippen molar-refractivity contribution in [3.8, 4) is 5.75 Å². The monoisotopic (exact) mass is 358 g/mol. The highest BCUT2D eigenvalue weighted by Crippen LogP contribution is 2.27. The number of allylic oxidation sites excluding steroid dienone is 1. The Morgan fingerprint density at radius 3 is 2.67 bits per heavy atom. The number of nitrogens with zero attached hydrogens (tertiary/aromatic N) is 3. The quantitative estimate of drug-likeness (QED) is 0.561. The number of hydrogen-bond acceptors (Lipinski definition) is 5. The lowest BCUT2D eigenvalue weighted by Crippen LogP contribution is -2.14. The van der Waals surface area contributed by atoms with Crippen LogP contribution in [-0.2, 0) is 0 Å². The second kappa shape index (κ2) is 6.57. The predicted octanol–water partition coefficient (Wildman–Crippen LogP) is 3.92. The van der Waals surface area contributed by atoms with E-state index >= 15 is 0 Å². The zero-order valence-corrected chi connectivity index (χ0v) is 15.0. The van der Waals surface area contributed by atoms with E-state index in [4.69, 9.17) is 10.5 Å². The highest BCUT2D eigenvalue weighted by Gasteiger charge is 2.18. The van der Waals surface area contributed by atoms with Crippen molar-refractivity contribution in [2.45, 2.75) is 6.92 Å². The van der Waals surface area contributed by atoms with E-state index < -0.39 is 0 Å². The van der Waals surface area contributed by atoms with Crippen LogP contribution in [0.4, 0.5) is 5.82 Å². The largest absolute Gasteiger partial charge is 0.497 e. The maximum absolute atomic E-state index is 12.9. The molecule has 4 aromatic rings. The zero-order valence-electron chi connectivity index (χ0n) is 15.0. The lowest BCUT2D eigenvalue weighted by atomic mass is 10.1. The van der Waals surface area contributed by atoms with Gasteiger partial charge in [-0.15, -0.1) is 5.10 Å². The van der Waals surface area contributed by atoms with E-state index in [9.17, 15) is 4.79 Å². The first-order valence-corrected chi connectivity index (χ1v) is 8.48. The molecule has 0 saturated heterocycles. The molecule has 0 fully saturated rings. The summed E-state index contributed by atoms with van der Waals surface area (Å²) >= 11 is 0. The SMILES string of the molecule is COc1ccc2nc3c(cc2c1)c(N)nn3C(=O)/C(C)=C\c1ccccc1. The van der Waals surface area contributed by atoms with Gasteiger partial charge in [0.1, 0.15) is 5.75 Å². The van der Waals surface area contributed by atoms with Gasteiger partial charge in [0.2, 0.25) is 0 Å². The van der Waals surface area contributed by atoms with Crippen LogP contribution in [0.3, 0.4) is 0 Å². The molecule has 27 heavy (non-hydrogen) atoms.